The highest BCUT2D eigenvalue weighted by atomic mass is 32.2. The van der Waals surface area contributed by atoms with E-state index in [1.807, 2.05) is 72.8 Å². The fourth-order valence-electron chi connectivity index (χ4n) is 4.12. The van der Waals surface area contributed by atoms with Crippen molar-refractivity contribution in [3.63, 3.8) is 0 Å². The van der Waals surface area contributed by atoms with Crippen molar-refractivity contribution in [3.8, 4) is 11.1 Å². The van der Waals surface area contributed by atoms with E-state index in [0.717, 1.165) is 45.0 Å². The number of benzene rings is 3. The zero-order valence-corrected chi connectivity index (χ0v) is 20.1. The molecule has 1 aliphatic heterocycles. The van der Waals surface area contributed by atoms with Gasteiger partial charge in [0.15, 0.2) is 0 Å². The number of rotatable bonds is 8. The third-order valence-electron chi connectivity index (χ3n) is 5.93. The molecule has 3 aromatic carbocycles. The fraction of sp³-hybridized carbons (Fsp3) is 0.179. The van der Waals surface area contributed by atoms with E-state index in [9.17, 15) is 9.59 Å². The predicted octanol–water partition coefficient (Wildman–Crippen LogP) is 4.79. The van der Waals surface area contributed by atoms with Crippen molar-refractivity contribution in [1.82, 2.24) is 15.1 Å². The SMILES string of the molecule is O=C(Cn1nc2c(c1NC(=O)Cc1ccc(-c3ccccc3)cc1)CSC2)NCc1ccccc1. The summed E-state index contributed by atoms with van der Waals surface area (Å²) in [7, 11) is 0. The van der Waals surface area contributed by atoms with Gasteiger partial charge in [0.2, 0.25) is 11.8 Å². The molecule has 35 heavy (non-hydrogen) atoms. The Labute approximate surface area is 208 Å². The second-order valence-electron chi connectivity index (χ2n) is 8.47. The Morgan fingerprint density at radius 2 is 1.49 bits per heavy atom. The molecule has 0 spiro atoms. The van der Waals surface area contributed by atoms with Crippen molar-refractivity contribution in [2.45, 2.75) is 31.0 Å². The Morgan fingerprint density at radius 3 is 2.23 bits per heavy atom. The molecular weight excluding hydrogens is 456 g/mol. The minimum absolute atomic E-state index is 0.0614. The zero-order chi connectivity index (χ0) is 24.0. The highest BCUT2D eigenvalue weighted by Crippen LogP contribution is 2.34. The van der Waals surface area contributed by atoms with E-state index < -0.39 is 0 Å². The van der Waals surface area contributed by atoms with Gasteiger partial charge in [-0.15, -0.1) is 0 Å². The third-order valence-corrected chi connectivity index (χ3v) is 6.90. The van der Waals surface area contributed by atoms with Crippen LogP contribution in [-0.4, -0.2) is 21.6 Å². The lowest BCUT2D eigenvalue weighted by atomic mass is 10.0. The number of nitrogens with zero attached hydrogens (tertiary/aromatic N) is 2. The Balaban J connectivity index is 1.24. The predicted molar refractivity (Wildman–Crippen MR) is 140 cm³/mol. The number of amides is 2. The van der Waals surface area contributed by atoms with Crippen LogP contribution in [0.3, 0.4) is 0 Å². The largest absolute Gasteiger partial charge is 0.350 e. The van der Waals surface area contributed by atoms with Crippen molar-refractivity contribution in [2.24, 2.45) is 0 Å². The Hall–Kier alpha value is -3.84. The fourth-order valence-corrected chi connectivity index (χ4v) is 5.15. The van der Waals surface area contributed by atoms with Crippen molar-refractivity contribution in [2.75, 3.05) is 5.32 Å². The third kappa shape index (κ3) is 5.63. The Bertz CT molecular complexity index is 1320. The molecule has 7 heteroatoms. The highest BCUT2D eigenvalue weighted by molar-refractivity contribution is 7.98. The molecule has 176 valence electrons. The van der Waals surface area contributed by atoms with E-state index in [0.29, 0.717) is 12.4 Å². The lowest BCUT2D eigenvalue weighted by Gasteiger charge is -2.12. The maximum absolute atomic E-state index is 12.9. The lowest BCUT2D eigenvalue weighted by molar-refractivity contribution is -0.122. The van der Waals surface area contributed by atoms with Gasteiger partial charge < -0.3 is 10.6 Å². The molecule has 2 N–H and O–H groups in total. The van der Waals surface area contributed by atoms with Crippen LogP contribution in [0.15, 0.2) is 84.9 Å². The molecule has 0 bridgehead atoms. The van der Waals surface area contributed by atoms with Gasteiger partial charge >= 0.3 is 0 Å². The van der Waals surface area contributed by atoms with Gasteiger partial charge in [0.05, 0.1) is 12.1 Å². The topological polar surface area (TPSA) is 76.0 Å². The molecule has 1 aromatic heterocycles. The quantitative estimate of drug-likeness (QED) is 0.379. The first-order valence-corrected chi connectivity index (χ1v) is 12.7. The summed E-state index contributed by atoms with van der Waals surface area (Å²) in [5.74, 6) is 1.93. The van der Waals surface area contributed by atoms with Crippen LogP contribution in [0.25, 0.3) is 11.1 Å². The first-order chi connectivity index (χ1) is 17.2. The van der Waals surface area contributed by atoms with Crippen LogP contribution in [0.2, 0.25) is 0 Å². The molecular formula is C28H26N4O2S. The average molecular weight is 483 g/mol. The molecule has 0 unspecified atom stereocenters. The van der Waals surface area contributed by atoms with Crippen LogP contribution >= 0.6 is 11.8 Å². The van der Waals surface area contributed by atoms with Crippen molar-refractivity contribution >= 4 is 29.4 Å². The van der Waals surface area contributed by atoms with E-state index in [4.69, 9.17) is 0 Å². The molecule has 1 aliphatic rings. The molecule has 2 amide bonds. The smallest absolute Gasteiger partial charge is 0.242 e. The highest BCUT2D eigenvalue weighted by Gasteiger charge is 2.25. The van der Waals surface area contributed by atoms with Crippen LogP contribution in [0.4, 0.5) is 5.82 Å². The van der Waals surface area contributed by atoms with E-state index in [-0.39, 0.29) is 24.8 Å². The summed E-state index contributed by atoms with van der Waals surface area (Å²) in [5.41, 5.74) is 6.18. The van der Waals surface area contributed by atoms with Gasteiger partial charge in [-0.05, 0) is 22.3 Å². The number of anilines is 1. The van der Waals surface area contributed by atoms with Crippen molar-refractivity contribution < 1.29 is 9.59 Å². The molecule has 4 aromatic rings. The number of hydrogen-bond donors (Lipinski definition) is 2. The number of aromatic nitrogens is 2. The second-order valence-corrected chi connectivity index (χ2v) is 9.46. The molecule has 5 rings (SSSR count). The summed E-state index contributed by atoms with van der Waals surface area (Å²) in [6.07, 6.45) is 0.252. The van der Waals surface area contributed by atoms with Crippen molar-refractivity contribution in [1.29, 1.82) is 0 Å². The minimum Gasteiger partial charge on any atom is -0.350 e. The maximum atomic E-state index is 12.9. The van der Waals surface area contributed by atoms with Gasteiger partial charge in [0, 0.05) is 23.6 Å². The van der Waals surface area contributed by atoms with Crippen LogP contribution in [0.1, 0.15) is 22.4 Å². The Morgan fingerprint density at radius 1 is 0.800 bits per heavy atom. The number of nitrogens with one attached hydrogen (secondary N) is 2. The molecule has 0 aliphatic carbocycles. The first kappa shape index (κ1) is 22.9. The van der Waals surface area contributed by atoms with Gasteiger partial charge in [0.25, 0.3) is 0 Å². The summed E-state index contributed by atoms with van der Waals surface area (Å²) < 4.78 is 1.63. The van der Waals surface area contributed by atoms with E-state index in [2.05, 4.69) is 27.9 Å². The van der Waals surface area contributed by atoms with E-state index >= 15 is 0 Å². The molecule has 6 nitrogen and oxygen atoms in total. The lowest BCUT2D eigenvalue weighted by Crippen LogP contribution is -2.29. The summed E-state index contributed by atoms with van der Waals surface area (Å²) in [6, 6.07) is 28.0. The summed E-state index contributed by atoms with van der Waals surface area (Å²) in [6.45, 7) is 0.517. The molecule has 0 saturated heterocycles. The van der Waals surface area contributed by atoms with Crippen LogP contribution in [0, 0.1) is 0 Å². The first-order valence-electron chi connectivity index (χ1n) is 11.6. The maximum Gasteiger partial charge on any atom is 0.242 e. The van der Waals surface area contributed by atoms with E-state index in [1.54, 1.807) is 16.4 Å². The molecule has 0 radical (unpaired) electrons. The second kappa shape index (κ2) is 10.6. The molecule has 2 heterocycles. The summed E-state index contributed by atoms with van der Waals surface area (Å²) in [4.78, 5) is 25.5. The number of carbonyl (C=O) groups excluding carboxylic acids is 2. The van der Waals surface area contributed by atoms with Gasteiger partial charge in [-0.25, -0.2) is 4.68 Å². The van der Waals surface area contributed by atoms with Gasteiger partial charge in [-0.2, -0.15) is 16.9 Å². The summed E-state index contributed by atoms with van der Waals surface area (Å²) in [5, 5.41) is 10.6. The number of carbonyl (C=O) groups is 2. The van der Waals surface area contributed by atoms with Crippen molar-refractivity contribution in [3.05, 3.63) is 107 Å². The molecule has 0 atom stereocenters. The van der Waals surface area contributed by atoms with Crippen LogP contribution in [0.5, 0.6) is 0 Å². The molecule has 0 saturated carbocycles. The number of thioether (sulfide) groups is 1. The number of hydrogen-bond acceptors (Lipinski definition) is 4. The minimum atomic E-state index is -0.144. The van der Waals surface area contributed by atoms with Gasteiger partial charge in [-0.1, -0.05) is 84.9 Å². The summed E-state index contributed by atoms with van der Waals surface area (Å²) >= 11 is 1.76. The standard InChI is InChI=1S/C28H26N4O2S/c33-26(15-20-11-13-23(14-12-20)22-9-5-2-6-10-22)30-28-24-18-35-19-25(24)31-32(28)17-27(34)29-16-21-7-3-1-4-8-21/h1-14H,15-19H2,(H,29,34)(H,30,33). The van der Waals surface area contributed by atoms with Gasteiger partial charge in [-0.3, -0.25) is 9.59 Å². The van der Waals surface area contributed by atoms with Crippen LogP contribution in [-0.2, 0) is 40.6 Å². The zero-order valence-electron chi connectivity index (χ0n) is 19.2. The normalized spacial score (nSPS) is 12.2. The number of fused-ring (bicyclic) bond motifs is 1. The molecule has 0 fully saturated rings. The van der Waals surface area contributed by atoms with Crippen LogP contribution < -0.4 is 10.6 Å². The van der Waals surface area contributed by atoms with E-state index in [1.165, 1.54) is 0 Å². The van der Waals surface area contributed by atoms with Gasteiger partial charge in [0.1, 0.15) is 12.4 Å². The Kier molecular flexibility index (Phi) is 6.95. The monoisotopic (exact) mass is 482 g/mol. The average Bonchev–Trinajstić information content (AvgIpc) is 3.47.